The third-order valence-corrected chi connectivity index (χ3v) is 4.78. The highest BCUT2D eigenvalue weighted by Crippen LogP contribution is 2.26. The van der Waals surface area contributed by atoms with Crippen molar-refractivity contribution >= 4 is 17.7 Å². The average molecular weight is 416 g/mol. The van der Waals surface area contributed by atoms with E-state index in [0.29, 0.717) is 23.6 Å². The first kappa shape index (κ1) is 21.4. The summed E-state index contributed by atoms with van der Waals surface area (Å²) in [6.07, 6.45) is 1.97. The number of halogens is 1. The summed E-state index contributed by atoms with van der Waals surface area (Å²) in [6, 6.07) is 12.4. The van der Waals surface area contributed by atoms with Gasteiger partial charge in [0.1, 0.15) is 11.9 Å². The van der Waals surface area contributed by atoms with E-state index in [9.17, 15) is 14.0 Å². The molecular weight excluding hydrogens is 391 g/mol. The molecule has 2 amide bonds. The summed E-state index contributed by atoms with van der Waals surface area (Å²) < 4.78 is 29.1. The molecule has 0 aromatic heterocycles. The molecule has 30 heavy (non-hydrogen) atoms. The molecule has 0 spiro atoms. The van der Waals surface area contributed by atoms with Crippen LogP contribution in [-0.2, 0) is 9.53 Å². The molecule has 3 rings (SSSR count). The van der Waals surface area contributed by atoms with E-state index in [1.54, 1.807) is 18.2 Å². The van der Waals surface area contributed by atoms with Gasteiger partial charge in [-0.15, -0.1) is 0 Å². The lowest BCUT2D eigenvalue weighted by molar-refractivity contribution is -0.124. The molecule has 2 atom stereocenters. The number of benzene rings is 2. The summed E-state index contributed by atoms with van der Waals surface area (Å²) in [4.78, 5) is 24.3. The molecule has 0 unspecified atom stereocenters. The first-order valence-electron chi connectivity index (χ1n) is 9.82. The molecule has 1 aliphatic rings. The number of ether oxygens (including phenoxy) is 3. The van der Waals surface area contributed by atoms with Crippen molar-refractivity contribution < 1.29 is 28.2 Å². The van der Waals surface area contributed by atoms with Crippen molar-refractivity contribution in [3.05, 3.63) is 54.3 Å². The number of para-hydroxylation sites is 2. The maximum Gasteiger partial charge on any atom is 0.411 e. The quantitative estimate of drug-likeness (QED) is 0.715. The summed E-state index contributed by atoms with van der Waals surface area (Å²) in [5.41, 5.74) is 0.454. The number of hydrogen-bond donors (Lipinski definition) is 2. The van der Waals surface area contributed by atoms with Crippen molar-refractivity contribution in [2.24, 2.45) is 0 Å². The topological polar surface area (TPSA) is 85.9 Å². The Morgan fingerprint density at radius 3 is 2.53 bits per heavy atom. The largest absolute Gasteiger partial charge is 0.493 e. The Bertz CT molecular complexity index is 859. The lowest BCUT2D eigenvalue weighted by atomic mass is 9.93. The molecule has 0 heterocycles. The number of hydrogen-bond acceptors (Lipinski definition) is 5. The summed E-state index contributed by atoms with van der Waals surface area (Å²) in [7, 11) is 1.54. The lowest BCUT2D eigenvalue weighted by Gasteiger charge is -2.29. The molecule has 7 nitrogen and oxygen atoms in total. The van der Waals surface area contributed by atoms with Gasteiger partial charge in [0.15, 0.2) is 18.1 Å². The fraction of sp³-hybridized carbons (Fsp3) is 0.364. The van der Waals surface area contributed by atoms with Gasteiger partial charge in [0.25, 0.3) is 5.91 Å². The van der Waals surface area contributed by atoms with E-state index in [0.717, 1.165) is 19.3 Å². The third kappa shape index (κ3) is 6.37. The summed E-state index contributed by atoms with van der Waals surface area (Å²) in [5, 5.41) is 5.50. The van der Waals surface area contributed by atoms with Crippen LogP contribution in [0.1, 0.15) is 25.7 Å². The van der Waals surface area contributed by atoms with Gasteiger partial charge in [-0.1, -0.05) is 12.1 Å². The highest BCUT2D eigenvalue weighted by molar-refractivity contribution is 5.84. The number of nitrogens with one attached hydrogen (secondary N) is 2. The van der Waals surface area contributed by atoms with Crippen LogP contribution in [0.25, 0.3) is 0 Å². The van der Waals surface area contributed by atoms with E-state index in [1.165, 1.54) is 31.4 Å². The van der Waals surface area contributed by atoms with Gasteiger partial charge in [0.2, 0.25) is 0 Å². The molecule has 0 bridgehead atoms. The Morgan fingerprint density at radius 1 is 1.07 bits per heavy atom. The van der Waals surface area contributed by atoms with Crippen LogP contribution in [0.4, 0.5) is 14.9 Å². The van der Waals surface area contributed by atoms with Crippen LogP contribution >= 0.6 is 0 Å². The van der Waals surface area contributed by atoms with Gasteiger partial charge in [-0.3, -0.25) is 10.1 Å². The maximum atomic E-state index is 12.9. The normalized spacial score (nSPS) is 18.2. The number of anilines is 1. The van der Waals surface area contributed by atoms with Gasteiger partial charge in [-0.2, -0.15) is 0 Å². The Kier molecular flexibility index (Phi) is 7.48. The first-order valence-corrected chi connectivity index (χ1v) is 9.82. The molecule has 2 aromatic carbocycles. The van der Waals surface area contributed by atoms with E-state index >= 15 is 0 Å². The Labute approximate surface area is 174 Å². The highest BCUT2D eigenvalue weighted by Gasteiger charge is 2.26. The van der Waals surface area contributed by atoms with Crippen molar-refractivity contribution in [2.75, 3.05) is 19.0 Å². The van der Waals surface area contributed by atoms with E-state index in [4.69, 9.17) is 14.2 Å². The van der Waals surface area contributed by atoms with E-state index in [-0.39, 0.29) is 30.5 Å². The molecule has 1 fully saturated rings. The molecule has 0 radical (unpaired) electrons. The third-order valence-electron chi connectivity index (χ3n) is 4.78. The molecule has 8 heteroatoms. The number of carbonyl (C=O) groups is 2. The summed E-state index contributed by atoms with van der Waals surface area (Å²) in [6.45, 7) is -0.131. The van der Waals surface area contributed by atoms with Crippen LogP contribution in [0.5, 0.6) is 11.5 Å². The second-order valence-corrected chi connectivity index (χ2v) is 7.03. The van der Waals surface area contributed by atoms with Crippen LogP contribution in [0.2, 0.25) is 0 Å². The van der Waals surface area contributed by atoms with Gasteiger partial charge in [-0.05, 0) is 55.7 Å². The fourth-order valence-electron chi connectivity index (χ4n) is 3.37. The number of rotatable bonds is 7. The zero-order valence-corrected chi connectivity index (χ0v) is 16.7. The molecule has 0 aliphatic heterocycles. The summed E-state index contributed by atoms with van der Waals surface area (Å²) in [5.74, 6) is 0.429. The number of amides is 2. The van der Waals surface area contributed by atoms with E-state index < -0.39 is 6.09 Å². The minimum Gasteiger partial charge on any atom is -0.493 e. The highest BCUT2D eigenvalue weighted by atomic mass is 19.1. The number of carbonyl (C=O) groups excluding carboxylic acids is 2. The predicted octanol–water partition coefficient (Wildman–Crippen LogP) is 3.89. The smallest absolute Gasteiger partial charge is 0.411 e. The van der Waals surface area contributed by atoms with Crippen molar-refractivity contribution in [3.8, 4) is 11.5 Å². The van der Waals surface area contributed by atoms with Gasteiger partial charge in [-0.25, -0.2) is 9.18 Å². The standard InChI is InChI=1S/C22H25FN2O5/c1-28-19-7-2-3-8-20(19)29-14-21(26)24-17-5-4-6-18(13-17)30-22(27)25-16-11-9-15(23)10-12-16/h2-3,7-12,17-18H,4-6,13-14H2,1H3,(H,24,26)(H,25,27)/t17-,18+/m0/s1. The first-order chi connectivity index (χ1) is 14.5. The van der Waals surface area contributed by atoms with Crippen LogP contribution in [0, 0.1) is 5.82 Å². The van der Waals surface area contributed by atoms with Gasteiger partial charge >= 0.3 is 6.09 Å². The van der Waals surface area contributed by atoms with Gasteiger partial charge < -0.3 is 19.5 Å². The molecule has 2 aromatic rings. The molecule has 2 N–H and O–H groups in total. The van der Waals surface area contributed by atoms with Crippen molar-refractivity contribution in [3.63, 3.8) is 0 Å². The van der Waals surface area contributed by atoms with Crippen LogP contribution in [0.3, 0.4) is 0 Å². The minimum atomic E-state index is -0.599. The molecule has 0 saturated heterocycles. The SMILES string of the molecule is COc1ccccc1OCC(=O)N[C@H]1CCC[C@@H](OC(=O)Nc2ccc(F)cc2)C1. The molecule has 160 valence electrons. The second-order valence-electron chi connectivity index (χ2n) is 7.03. The molecule has 1 saturated carbocycles. The maximum absolute atomic E-state index is 12.9. The Hall–Kier alpha value is -3.29. The van der Waals surface area contributed by atoms with E-state index in [1.807, 2.05) is 6.07 Å². The summed E-state index contributed by atoms with van der Waals surface area (Å²) >= 11 is 0. The van der Waals surface area contributed by atoms with Crippen LogP contribution in [0.15, 0.2) is 48.5 Å². The minimum absolute atomic E-state index is 0.101. The lowest BCUT2D eigenvalue weighted by Crippen LogP contribution is -2.43. The average Bonchev–Trinajstić information content (AvgIpc) is 2.74. The predicted molar refractivity (Wildman–Crippen MR) is 109 cm³/mol. The van der Waals surface area contributed by atoms with Crippen molar-refractivity contribution in [1.82, 2.24) is 5.32 Å². The van der Waals surface area contributed by atoms with E-state index in [2.05, 4.69) is 10.6 Å². The number of methoxy groups -OCH3 is 1. The Morgan fingerprint density at radius 2 is 1.80 bits per heavy atom. The molecular formula is C22H25FN2O5. The Balaban J connectivity index is 1.43. The zero-order valence-electron chi connectivity index (χ0n) is 16.7. The second kappa shape index (κ2) is 10.5. The fourth-order valence-corrected chi connectivity index (χ4v) is 3.37. The van der Waals surface area contributed by atoms with Crippen LogP contribution in [-0.4, -0.2) is 37.9 Å². The van der Waals surface area contributed by atoms with Gasteiger partial charge in [0.05, 0.1) is 7.11 Å². The van der Waals surface area contributed by atoms with Crippen molar-refractivity contribution in [1.29, 1.82) is 0 Å². The zero-order chi connectivity index (χ0) is 21.3. The van der Waals surface area contributed by atoms with Crippen molar-refractivity contribution in [2.45, 2.75) is 37.8 Å². The van der Waals surface area contributed by atoms with Gasteiger partial charge in [0, 0.05) is 18.2 Å². The monoisotopic (exact) mass is 416 g/mol. The molecule has 1 aliphatic carbocycles. The van der Waals surface area contributed by atoms with Crippen LogP contribution < -0.4 is 20.1 Å².